The Morgan fingerprint density at radius 3 is 2.73 bits per heavy atom. The molecule has 0 fully saturated rings. The zero-order chi connectivity index (χ0) is 18.7. The van der Waals surface area contributed by atoms with Gasteiger partial charge in [-0.3, -0.25) is 0 Å². The summed E-state index contributed by atoms with van der Waals surface area (Å²) in [6.07, 6.45) is 2.79. The standard InChI is InChI=1S/C20H16O6/c1-12-9-20(23)26-17-11-14(5-6-15(12)17)25-19(22)8-4-13-3-7-16(21)18(10-13)24-2/h3-11,21H,1-2H3. The van der Waals surface area contributed by atoms with Crippen LogP contribution in [0.2, 0.25) is 0 Å². The van der Waals surface area contributed by atoms with E-state index in [2.05, 4.69) is 0 Å². The molecule has 0 amide bonds. The number of benzene rings is 2. The molecule has 0 bridgehead atoms. The van der Waals surface area contributed by atoms with E-state index in [0.29, 0.717) is 16.9 Å². The summed E-state index contributed by atoms with van der Waals surface area (Å²) in [5.74, 6) is -0.00352. The number of hydrogen-bond donors (Lipinski definition) is 1. The summed E-state index contributed by atoms with van der Waals surface area (Å²) in [5.41, 5.74) is 1.35. The van der Waals surface area contributed by atoms with Crippen LogP contribution < -0.4 is 15.1 Å². The third-order valence-corrected chi connectivity index (χ3v) is 3.76. The summed E-state index contributed by atoms with van der Waals surface area (Å²) >= 11 is 0. The van der Waals surface area contributed by atoms with E-state index >= 15 is 0 Å². The first kappa shape index (κ1) is 17.3. The molecule has 0 aliphatic carbocycles. The van der Waals surface area contributed by atoms with Crippen molar-refractivity contribution < 1.29 is 23.8 Å². The molecule has 3 rings (SSSR count). The van der Waals surface area contributed by atoms with E-state index in [4.69, 9.17) is 13.9 Å². The van der Waals surface area contributed by atoms with Gasteiger partial charge in [-0.2, -0.15) is 0 Å². The van der Waals surface area contributed by atoms with Crippen molar-refractivity contribution in [2.45, 2.75) is 6.92 Å². The highest BCUT2D eigenvalue weighted by molar-refractivity contribution is 5.89. The third kappa shape index (κ3) is 3.75. The first-order valence-electron chi connectivity index (χ1n) is 7.77. The Morgan fingerprint density at radius 1 is 1.15 bits per heavy atom. The third-order valence-electron chi connectivity index (χ3n) is 3.76. The van der Waals surface area contributed by atoms with Gasteiger partial charge < -0.3 is 19.0 Å². The van der Waals surface area contributed by atoms with Crippen LogP contribution in [0.1, 0.15) is 11.1 Å². The molecule has 0 unspecified atom stereocenters. The number of phenolic OH excluding ortho intramolecular Hbond substituents is 1. The minimum absolute atomic E-state index is 0.0141. The van der Waals surface area contributed by atoms with Crippen molar-refractivity contribution in [1.82, 2.24) is 0 Å². The fourth-order valence-electron chi connectivity index (χ4n) is 2.48. The van der Waals surface area contributed by atoms with Crippen molar-refractivity contribution in [3.8, 4) is 17.2 Å². The number of hydrogen-bond acceptors (Lipinski definition) is 6. The first-order valence-corrected chi connectivity index (χ1v) is 7.77. The van der Waals surface area contributed by atoms with Crippen molar-refractivity contribution in [3.63, 3.8) is 0 Å². The van der Waals surface area contributed by atoms with Crippen LogP contribution in [0, 0.1) is 6.92 Å². The van der Waals surface area contributed by atoms with Gasteiger partial charge in [0, 0.05) is 23.6 Å². The van der Waals surface area contributed by atoms with Crippen molar-refractivity contribution in [2.75, 3.05) is 7.11 Å². The van der Waals surface area contributed by atoms with Gasteiger partial charge in [0.2, 0.25) is 0 Å². The van der Waals surface area contributed by atoms with Crippen LogP contribution >= 0.6 is 0 Å². The number of rotatable bonds is 4. The highest BCUT2D eigenvalue weighted by atomic mass is 16.5. The van der Waals surface area contributed by atoms with Crippen LogP contribution in [-0.4, -0.2) is 18.2 Å². The minimum Gasteiger partial charge on any atom is -0.504 e. The lowest BCUT2D eigenvalue weighted by Gasteiger charge is -2.05. The molecular formula is C20H16O6. The molecule has 0 saturated heterocycles. The summed E-state index contributed by atoms with van der Waals surface area (Å²) in [6, 6.07) is 11.0. The maximum Gasteiger partial charge on any atom is 0.336 e. The van der Waals surface area contributed by atoms with E-state index in [0.717, 1.165) is 10.9 Å². The average molecular weight is 352 g/mol. The molecule has 132 valence electrons. The van der Waals surface area contributed by atoms with Crippen LogP contribution in [-0.2, 0) is 4.79 Å². The predicted octanol–water partition coefficient (Wildman–Crippen LogP) is 3.43. The fourth-order valence-corrected chi connectivity index (χ4v) is 2.48. The van der Waals surface area contributed by atoms with E-state index < -0.39 is 11.6 Å². The number of methoxy groups -OCH3 is 1. The van der Waals surface area contributed by atoms with Gasteiger partial charge in [0.15, 0.2) is 11.5 Å². The highest BCUT2D eigenvalue weighted by Crippen LogP contribution is 2.27. The van der Waals surface area contributed by atoms with Gasteiger partial charge in [0.05, 0.1) is 7.11 Å². The maximum absolute atomic E-state index is 12.0. The van der Waals surface area contributed by atoms with Crippen LogP contribution in [0.25, 0.3) is 17.0 Å². The van der Waals surface area contributed by atoms with E-state index in [1.165, 1.54) is 37.5 Å². The van der Waals surface area contributed by atoms with Gasteiger partial charge in [0.25, 0.3) is 0 Å². The predicted molar refractivity (Wildman–Crippen MR) is 96.5 cm³/mol. The second-order valence-corrected chi connectivity index (χ2v) is 5.59. The van der Waals surface area contributed by atoms with Crippen molar-refractivity contribution in [1.29, 1.82) is 0 Å². The molecule has 2 aromatic carbocycles. The van der Waals surface area contributed by atoms with Gasteiger partial charge in [-0.25, -0.2) is 9.59 Å². The molecule has 1 aromatic heterocycles. The maximum atomic E-state index is 12.0. The molecule has 0 aliphatic heterocycles. The summed E-state index contributed by atoms with van der Waals surface area (Å²) in [5, 5.41) is 10.3. The monoisotopic (exact) mass is 352 g/mol. The van der Waals surface area contributed by atoms with E-state index in [1.807, 2.05) is 0 Å². The Kier molecular flexibility index (Phi) is 4.75. The molecule has 3 aromatic rings. The molecular weight excluding hydrogens is 336 g/mol. The molecule has 1 N–H and O–H groups in total. The fraction of sp³-hybridized carbons (Fsp3) is 0.100. The minimum atomic E-state index is -0.591. The van der Waals surface area contributed by atoms with Crippen molar-refractivity contribution in [3.05, 3.63) is 70.1 Å². The van der Waals surface area contributed by atoms with E-state index in [1.54, 1.807) is 31.2 Å². The van der Waals surface area contributed by atoms with Crippen LogP contribution in [0.5, 0.6) is 17.2 Å². The smallest absolute Gasteiger partial charge is 0.336 e. The lowest BCUT2D eigenvalue weighted by Crippen LogP contribution is -2.04. The molecule has 0 atom stereocenters. The van der Waals surface area contributed by atoms with Gasteiger partial charge in [-0.1, -0.05) is 6.07 Å². The SMILES string of the molecule is COc1cc(C=CC(=O)Oc2ccc3c(C)cc(=O)oc3c2)ccc1O. The Labute approximate surface area is 148 Å². The van der Waals surface area contributed by atoms with Gasteiger partial charge in [0.1, 0.15) is 11.3 Å². The summed E-state index contributed by atoms with van der Waals surface area (Å²) in [4.78, 5) is 23.5. The van der Waals surface area contributed by atoms with Gasteiger partial charge in [-0.15, -0.1) is 0 Å². The average Bonchev–Trinajstić information content (AvgIpc) is 2.60. The molecule has 0 aliphatic rings. The number of esters is 1. The molecule has 6 nitrogen and oxygen atoms in total. The second kappa shape index (κ2) is 7.14. The summed E-state index contributed by atoms with van der Waals surface area (Å²) < 4.78 is 15.4. The number of ether oxygens (including phenoxy) is 2. The second-order valence-electron chi connectivity index (χ2n) is 5.59. The zero-order valence-corrected chi connectivity index (χ0v) is 14.2. The number of phenols is 1. The number of fused-ring (bicyclic) bond motifs is 1. The molecule has 0 spiro atoms. The number of carbonyl (C=O) groups is 1. The van der Waals surface area contributed by atoms with Crippen molar-refractivity contribution >= 4 is 23.0 Å². The van der Waals surface area contributed by atoms with Gasteiger partial charge >= 0.3 is 11.6 Å². The number of aryl methyl sites for hydroxylation is 1. The number of aromatic hydroxyl groups is 1. The van der Waals surface area contributed by atoms with Crippen LogP contribution in [0.4, 0.5) is 0 Å². The van der Waals surface area contributed by atoms with Gasteiger partial charge in [-0.05, 0) is 48.4 Å². The molecule has 0 radical (unpaired) electrons. The number of carbonyl (C=O) groups excluding carboxylic acids is 1. The Bertz CT molecular complexity index is 1060. The lowest BCUT2D eigenvalue weighted by molar-refractivity contribution is -0.128. The Balaban J connectivity index is 1.77. The molecule has 6 heteroatoms. The van der Waals surface area contributed by atoms with E-state index in [9.17, 15) is 14.7 Å². The molecule has 26 heavy (non-hydrogen) atoms. The normalized spacial score (nSPS) is 11.0. The Morgan fingerprint density at radius 2 is 1.96 bits per heavy atom. The first-order chi connectivity index (χ1) is 12.5. The summed E-state index contributed by atoms with van der Waals surface area (Å²) in [6.45, 7) is 1.81. The largest absolute Gasteiger partial charge is 0.504 e. The van der Waals surface area contributed by atoms with Crippen molar-refractivity contribution in [2.24, 2.45) is 0 Å². The summed E-state index contributed by atoms with van der Waals surface area (Å²) in [7, 11) is 1.44. The molecule has 1 heterocycles. The van der Waals surface area contributed by atoms with Crippen LogP contribution in [0.15, 0.2) is 57.8 Å². The van der Waals surface area contributed by atoms with E-state index in [-0.39, 0.29) is 11.5 Å². The lowest BCUT2D eigenvalue weighted by atomic mass is 10.1. The zero-order valence-electron chi connectivity index (χ0n) is 14.2. The Hall–Kier alpha value is -3.54. The quantitative estimate of drug-likeness (QED) is 0.335. The topological polar surface area (TPSA) is 86.0 Å². The highest BCUT2D eigenvalue weighted by Gasteiger charge is 2.07. The molecule has 0 saturated carbocycles. The van der Waals surface area contributed by atoms with Crippen LogP contribution in [0.3, 0.4) is 0 Å².